The summed E-state index contributed by atoms with van der Waals surface area (Å²) in [5, 5.41) is 21.1. The van der Waals surface area contributed by atoms with Crippen molar-refractivity contribution >= 4 is 12.0 Å². The topological polar surface area (TPSA) is 103 Å². The van der Waals surface area contributed by atoms with Gasteiger partial charge >= 0.3 is 12.0 Å². The standard InChI is InChI=1S/C13H17N3O4/c17-10-7-11(12(18)19)16(8-10)13(20)15-6-4-9-3-1-2-5-14-9/h1-3,5,10-11,17H,4,6-8H2,(H,15,20)(H,18,19)/t10-,11-/m0/s1. The number of hydrogen-bond acceptors (Lipinski definition) is 4. The zero-order valence-electron chi connectivity index (χ0n) is 10.9. The minimum atomic E-state index is -1.10. The predicted molar refractivity (Wildman–Crippen MR) is 70.1 cm³/mol. The van der Waals surface area contributed by atoms with Crippen LogP contribution in [-0.2, 0) is 11.2 Å². The SMILES string of the molecule is O=C(O)[C@@H]1C[C@H](O)CN1C(=O)NCCc1ccccn1. The number of nitrogens with zero attached hydrogens (tertiary/aromatic N) is 2. The number of aliphatic hydroxyl groups excluding tert-OH is 1. The Kier molecular flexibility index (Phi) is 4.52. The highest BCUT2D eigenvalue weighted by atomic mass is 16.4. The van der Waals surface area contributed by atoms with Crippen LogP contribution in [-0.4, -0.2) is 57.3 Å². The first kappa shape index (κ1) is 14.3. The molecular weight excluding hydrogens is 262 g/mol. The number of aliphatic hydroxyl groups is 1. The minimum absolute atomic E-state index is 0.0480. The molecule has 0 aromatic carbocycles. The third kappa shape index (κ3) is 3.45. The van der Waals surface area contributed by atoms with Crippen molar-refractivity contribution in [1.82, 2.24) is 15.2 Å². The van der Waals surface area contributed by atoms with E-state index < -0.39 is 24.1 Å². The first-order chi connectivity index (χ1) is 9.58. The number of amides is 2. The van der Waals surface area contributed by atoms with E-state index in [1.165, 1.54) is 0 Å². The lowest BCUT2D eigenvalue weighted by molar-refractivity contribution is -0.141. The number of carboxylic acids is 1. The maximum atomic E-state index is 11.9. The fourth-order valence-electron chi connectivity index (χ4n) is 2.22. The predicted octanol–water partition coefficient (Wildman–Crippen LogP) is -0.146. The average molecular weight is 279 g/mol. The molecule has 0 aliphatic carbocycles. The lowest BCUT2D eigenvalue weighted by Gasteiger charge is -2.21. The molecule has 2 rings (SSSR count). The first-order valence-corrected chi connectivity index (χ1v) is 6.43. The third-order valence-corrected chi connectivity index (χ3v) is 3.21. The Labute approximate surface area is 116 Å². The van der Waals surface area contributed by atoms with Gasteiger partial charge in [0.25, 0.3) is 0 Å². The van der Waals surface area contributed by atoms with Crippen LogP contribution in [0.4, 0.5) is 4.79 Å². The molecule has 7 heteroatoms. The van der Waals surface area contributed by atoms with E-state index >= 15 is 0 Å². The van der Waals surface area contributed by atoms with Gasteiger partial charge in [0.15, 0.2) is 0 Å². The highest BCUT2D eigenvalue weighted by Gasteiger charge is 2.38. The van der Waals surface area contributed by atoms with Gasteiger partial charge in [-0.2, -0.15) is 0 Å². The van der Waals surface area contributed by atoms with Gasteiger partial charge in [-0.3, -0.25) is 4.98 Å². The highest BCUT2D eigenvalue weighted by Crippen LogP contribution is 2.17. The number of likely N-dealkylation sites (tertiary alicyclic amines) is 1. The van der Waals surface area contributed by atoms with Gasteiger partial charge in [0.05, 0.1) is 6.10 Å². The summed E-state index contributed by atoms with van der Waals surface area (Å²) in [6.45, 7) is 0.418. The smallest absolute Gasteiger partial charge is 0.326 e. The Hall–Kier alpha value is -2.15. The highest BCUT2D eigenvalue weighted by molar-refractivity contribution is 5.83. The first-order valence-electron chi connectivity index (χ1n) is 6.43. The van der Waals surface area contributed by atoms with E-state index in [1.54, 1.807) is 6.20 Å². The number of aromatic nitrogens is 1. The maximum Gasteiger partial charge on any atom is 0.326 e. The molecule has 0 unspecified atom stereocenters. The number of carboxylic acid groups (broad SMARTS) is 1. The molecule has 2 heterocycles. The van der Waals surface area contributed by atoms with Crippen molar-refractivity contribution in [3.05, 3.63) is 30.1 Å². The van der Waals surface area contributed by atoms with Crippen molar-refractivity contribution < 1.29 is 19.8 Å². The van der Waals surface area contributed by atoms with Crippen LogP contribution >= 0.6 is 0 Å². The molecule has 1 saturated heterocycles. The molecule has 1 aliphatic rings. The molecule has 2 atom stereocenters. The van der Waals surface area contributed by atoms with Crippen LogP contribution in [0.2, 0.25) is 0 Å². The monoisotopic (exact) mass is 279 g/mol. The molecule has 3 N–H and O–H groups in total. The summed E-state index contributed by atoms with van der Waals surface area (Å²) in [5.74, 6) is -1.10. The molecule has 0 bridgehead atoms. The molecule has 0 saturated carbocycles. The lowest BCUT2D eigenvalue weighted by Crippen LogP contribution is -2.46. The van der Waals surface area contributed by atoms with Crippen LogP contribution in [0.5, 0.6) is 0 Å². The van der Waals surface area contributed by atoms with Crippen molar-refractivity contribution in [2.75, 3.05) is 13.1 Å². The van der Waals surface area contributed by atoms with E-state index in [1.807, 2.05) is 18.2 Å². The molecule has 1 aromatic rings. The number of hydrogen-bond donors (Lipinski definition) is 3. The molecular formula is C13H17N3O4. The quantitative estimate of drug-likeness (QED) is 0.711. The maximum absolute atomic E-state index is 11.9. The fourth-order valence-corrected chi connectivity index (χ4v) is 2.22. The second-order valence-corrected chi connectivity index (χ2v) is 4.70. The van der Waals surface area contributed by atoms with E-state index in [0.29, 0.717) is 13.0 Å². The van der Waals surface area contributed by atoms with Crippen molar-refractivity contribution in [2.45, 2.75) is 25.0 Å². The van der Waals surface area contributed by atoms with E-state index in [2.05, 4.69) is 10.3 Å². The second kappa shape index (κ2) is 6.33. The van der Waals surface area contributed by atoms with Crippen LogP contribution < -0.4 is 5.32 Å². The largest absolute Gasteiger partial charge is 0.480 e. The van der Waals surface area contributed by atoms with Gasteiger partial charge in [0.2, 0.25) is 0 Å². The Morgan fingerprint density at radius 2 is 2.25 bits per heavy atom. The Morgan fingerprint density at radius 1 is 1.45 bits per heavy atom. The number of carbonyl (C=O) groups is 2. The number of pyridine rings is 1. The number of urea groups is 1. The minimum Gasteiger partial charge on any atom is -0.480 e. The summed E-state index contributed by atoms with van der Waals surface area (Å²) < 4.78 is 0. The molecule has 108 valence electrons. The van der Waals surface area contributed by atoms with Crippen LogP contribution in [0.3, 0.4) is 0 Å². The lowest BCUT2D eigenvalue weighted by atomic mass is 10.2. The third-order valence-electron chi connectivity index (χ3n) is 3.21. The van der Waals surface area contributed by atoms with Crippen molar-refractivity contribution in [3.8, 4) is 0 Å². The van der Waals surface area contributed by atoms with Gasteiger partial charge in [-0.1, -0.05) is 6.07 Å². The van der Waals surface area contributed by atoms with Crippen LogP contribution in [0, 0.1) is 0 Å². The molecule has 1 aliphatic heterocycles. The number of carbonyl (C=O) groups excluding carboxylic acids is 1. The summed E-state index contributed by atoms with van der Waals surface area (Å²) in [4.78, 5) is 28.2. The zero-order chi connectivity index (χ0) is 14.5. The molecule has 0 radical (unpaired) electrons. The van der Waals surface area contributed by atoms with Crippen molar-refractivity contribution in [2.24, 2.45) is 0 Å². The van der Waals surface area contributed by atoms with Gasteiger partial charge < -0.3 is 20.4 Å². The summed E-state index contributed by atoms with van der Waals surface area (Å²) >= 11 is 0. The summed E-state index contributed by atoms with van der Waals surface area (Å²) in [5.41, 5.74) is 0.851. The summed E-state index contributed by atoms with van der Waals surface area (Å²) in [6.07, 6.45) is 1.54. The van der Waals surface area contributed by atoms with Crippen molar-refractivity contribution in [1.29, 1.82) is 0 Å². The summed E-state index contributed by atoms with van der Waals surface area (Å²) in [7, 11) is 0. The van der Waals surface area contributed by atoms with Gasteiger partial charge in [0, 0.05) is 37.8 Å². The van der Waals surface area contributed by atoms with Gasteiger partial charge in [-0.15, -0.1) is 0 Å². The summed E-state index contributed by atoms with van der Waals surface area (Å²) in [6, 6.07) is 4.10. The molecule has 1 aromatic heterocycles. The number of aliphatic carboxylic acids is 1. The molecule has 0 spiro atoms. The molecule has 20 heavy (non-hydrogen) atoms. The van der Waals surface area contributed by atoms with E-state index in [-0.39, 0.29) is 13.0 Å². The number of rotatable bonds is 4. The second-order valence-electron chi connectivity index (χ2n) is 4.70. The van der Waals surface area contributed by atoms with Gasteiger partial charge in [0.1, 0.15) is 6.04 Å². The molecule has 1 fully saturated rings. The Balaban J connectivity index is 1.84. The molecule has 2 amide bonds. The van der Waals surface area contributed by atoms with Gasteiger partial charge in [-0.05, 0) is 12.1 Å². The molecule has 7 nitrogen and oxygen atoms in total. The zero-order valence-corrected chi connectivity index (χ0v) is 10.9. The van der Waals surface area contributed by atoms with Crippen LogP contribution in [0.15, 0.2) is 24.4 Å². The fraction of sp³-hybridized carbons (Fsp3) is 0.462. The number of β-amino-alcohol motifs (C(OH)–C–C–N with tert-alkyl or cyclic N) is 1. The van der Waals surface area contributed by atoms with Crippen LogP contribution in [0.25, 0.3) is 0 Å². The normalized spacial score (nSPS) is 21.8. The van der Waals surface area contributed by atoms with Crippen LogP contribution in [0.1, 0.15) is 12.1 Å². The average Bonchev–Trinajstić information content (AvgIpc) is 2.82. The number of nitrogens with one attached hydrogen (secondary N) is 1. The Bertz CT molecular complexity index is 480. The van der Waals surface area contributed by atoms with Gasteiger partial charge in [-0.25, -0.2) is 9.59 Å². The Morgan fingerprint density at radius 3 is 2.90 bits per heavy atom. The van der Waals surface area contributed by atoms with Crippen molar-refractivity contribution in [3.63, 3.8) is 0 Å². The van der Waals surface area contributed by atoms with E-state index in [4.69, 9.17) is 5.11 Å². The van der Waals surface area contributed by atoms with E-state index in [9.17, 15) is 14.7 Å². The van der Waals surface area contributed by atoms with E-state index in [0.717, 1.165) is 10.6 Å².